The zero-order chi connectivity index (χ0) is 10.7. The highest BCUT2D eigenvalue weighted by Crippen LogP contribution is 2.10. The molecule has 76 valence electrons. The van der Waals surface area contributed by atoms with Crippen LogP contribution in [0.5, 0.6) is 0 Å². The number of likely N-dealkylation sites (N-methyl/N-ethyl adjacent to an activating group) is 1. The summed E-state index contributed by atoms with van der Waals surface area (Å²) < 4.78 is 0. The van der Waals surface area contributed by atoms with Crippen molar-refractivity contribution in [1.29, 1.82) is 0 Å². The predicted octanol–water partition coefficient (Wildman–Crippen LogP) is 0.472. The third-order valence-corrected chi connectivity index (χ3v) is 2.42. The number of carboxylic acid groups (broad SMARTS) is 1. The van der Waals surface area contributed by atoms with Crippen molar-refractivity contribution in [2.24, 2.45) is 0 Å². The van der Waals surface area contributed by atoms with Crippen molar-refractivity contribution in [3.63, 3.8) is 0 Å². The molecule has 0 bridgehead atoms. The fraction of sp³-hybridized carbons (Fsp3) is 0.375. The van der Waals surface area contributed by atoms with Crippen LogP contribution in [0.4, 0.5) is 0 Å². The summed E-state index contributed by atoms with van der Waals surface area (Å²) in [5, 5.41) is 10.6. The zero-order valence-electron chi connectivity index (χ0n) is 7.85. The first-order valence-electron chi connectivity index (χ1n) is 3.88. The van der Waals surface area contributed by atoms with Crippen LogP contribution < -0.4 is 0 Å². The third-order valence-electron chi connectivity index (χ3n) is 1.57. The summed E-state index contributed by atoms with van der Waals surface area (Å²) in [6, 6.07) is 0. The Morgan fingerprint density at radius 2 is 2.21 bits per heavy atom. The SMILES string of the molecule is CN(C)C(=O)Cc1nc(C(=O)O)cs1. The van der Waals surface area contributed by atoms with Crippen LogP contribution in [0.1, 0.15) is 15.5 Å². The second kappa shape index (κ2) is 4.19. The van der Waals surface area contributed by atoms with Gasteiger partial charge in [0.05, 0.1) is 6.42 Å². The van der Waals surface area contributed by atoms with Crippen molar-refractivity contribution in [1.82, 2.24) is 9.88 Å². The molecule has 0 aromatic carbocycles. The predicted molar refractivity (Wildman–Crippen MR) is 51.5 cm³/mol. The Morgan fingerprint density at radius 3 is 2.64 bits per heavy atom. The number of hydrogen-bond acceptors (Lipinski definition) is 4. The van der Waals surface area contributed by atoms with Crippen LogP contribution in [0.3, 0.4) is 0 Å². The van der Waals surface area contributed by atoms with Crippen molar-refractivity contribution in [3.8, 4) is 0 Å². The quantitative estimate of drug-likeness (QED) is 0.794. The summed E-state index contributed by atoms with van der Waals surface area (Å²) in [5.41, 5.74) is -0.00319. The summed E-state index contributed by atoms with van der Waals surface area (Å²) >= 11 is 1.18. The second-order valence-electron chi connectivity index (χ2n) is 2.90. The van der Waals surface area contributed by atoms with Gasteiger partial charge in [0.2, 0.25) is 5.91 Å². The molecule has 0 aliphatic carbocycles. The first kappa shape index (κ1) is 10.6. The van der Waals surface area contributed by atoms with Gasteiger partial charge < -0.3 is 10.0 Å². The van der Waals surface area contributed by atoms with Gasteiger partial charge in [0.1, 0.15) is 5.01 Å². The van der Waals surface area contributed by atoms with Gasteiger partial charge in [0.15, 0.2) is 5.69 Å². The molecule has 1 amide bonds. The minimum absolute atomic E-state index is 0.00319. The van der Waals surface area contributed by atoms with E-state index < -0.39 is 5.97 Å². The van der Waals surface area contributed by atoms with Gasteiger partial charge in [-0.25, -0.2) is 9.78 Å². The topological polar surface area (TPSA) is 70.5 Å². The van der Waals surface area contributed by atoms with E-state index in [4.69, 9.17) is 5.11 Å². The van der Waals surface area contributed by atoms with Crippen molar-refractivity contribution in [2.75, 3.05) is 14.1 Å². The highest BCUT2D eigenvalue weighted by Gasteiger charge is 2.12. The van der Waals surface area contributed by atoms with Crippen LogP contribution in [0, 0.1) is 0 Å². The van der Waals surface area contributed by atoms with Crippen LogP contribution in [0.25, 0.3) is 0 Å². The summed E-state index contributed by atoms with van der Waals surface area (Å²) in [6.45, 7) is 0. The number of aromatic nitrogens is 1. The number of rotatable bonds is 3. The molecule has 0 spiro atoms. The monoisotopic (exact) mass is 214 g/mol. The molecular formula is C8H10N2O3S. The molecule has 1 N–H and O–H groups in total. The molecule has 0 unspecified atom stereocenters. The highest BCUT2D eigenvalue weighted by atomic mass is 32.1. The summed E-state index contributed by atoms with van der Waals surface area (Å²) in [5.74, 6) is -1.15. The fourth-order valence-corrected chi connectivity index (χ4v) is 1.54. The number of carbonyl (C=O) groups excluding carboxylic acids is 1. The lowest BCUT2D eigenvalue weighted by Gasteiger charge is -2.07. The molecule has 1 rings (SSSR count). The Kier molecular flexibility index (Phi) is 3.19. The number of amides is 1. The molecule has 1 aromatic rings. The molecule has 14 heavy (non-hydrogen) atoms. The van der Waals surface area contributed by atoms with Gasteiger partial charge >= 0.3 is 5.97 Å². The molecule has 0 aliphatic heterocycles. The molecule has 0 radical (unpaired) electrons. The number of nitrogens with zero attached hydrogens (tertiary/aromatic N) is 2. The van der Waals surface area contributed by atoms with E-state index >= 15 is 0 Å². The van der Waals surface area contributed by atoms with E-state index in [1.165, 1.54) is 21.6 Å². The highest BCUT2D eigenvalue weighted by molar-refractivity contribution is 7.09. The van der Waals surface area contributed by atoms with Gasteiger partial charge in [0, 0.05) is 19.5 Å². The zero-order valence-corrected chi connectivity index (χ0v) is 8.67. The normalized spacial score (nSPS) is 9.86. The van der Waals surface area contributed by atoms with Crippen molar-refractivity contribution in [3.05, 3.63) is 16.1 Å². The van der Waals surface area contributed by atoms with Crippen molar-refractivity contribution >= 4 is 23.2 Å². The number of aromatic carboxylic acids is 1. The Hall–Kier alpha value is -1.43. The van der Waals surface area contributed by atoms with Gasteiger partial charge in [-0.15, -0.1) is 11.3 Å². The maximum Gasteiger partial charge on any atom is 0.355 e. The van der Waals surface area contributed by atoms with Crippen LogP contribution >= 0.6 is 11.3 Å². The Labute approximate surface area is 85.0 Å². The minimum atomic E-state index is -1.06. The lowest BCUT2D eigenvalue weighted by molar-refractivity contribution is -0.127. The van der Waals surface area contributed by atoms with E-state index in [9.17, 15) is 9.59 Å². The molecule has 0 saturated carbocycles. The third kappa shape index (κ3) is 2.53. The second-order valence-corrected chi connectivity index (χ2v) is 3.84. The maximum atomic E-state index is 11.2. The number of carbonyl (C=O) groups is 2. The smallest absolute Gasteiger partial charge is 0.355 e. The maximum absolute atomic E-state index is 11.2. The van der Waals surface area contributed by atoms with Gasteiger partial charge in [-0.1, -0.05) is 0 Å². The first-order chi connectivity index (χ1) is 6.50. The van der Waals surface area contributed by atoms with Crippen molar-refractivity contribution in [2.45, 2.75) is 6.42 Å². The summed E-state index contributed by atoms with van der Waals surface area (Å²) in [6.07, 6.45) is 0.158. The standard InChI is InChI=1S/C8H10N2O3S/c1-10(2)7(11)3-6-9-5(4-14-6)8(12)13/h4H,3H2,1-2H3,(H,12,13). The summed E-state index contributed by atoms with van der Waals surface area (Å²) in [4.78, 5) is 27.0. The van der Waals surface area contributed by atoms with Crippen LogP contribution in [0.15, 0.2) is 5.38 Å². The van der Waals surface area contributed by atoms with Crippen LogP contribution in [-0.4, -0.2) is 41.0 Å². The molecule has 6 heteroatoms. The lowest BCUT2D eigenvalue weighted by Crippen LogP contribution is -2.23. The Bertz CT molecular complexity index is 359. The number of thiazole rings is 1. The van der Waals surface area contributed by atoms with Crippen molar-refractivity contribution < 1.29 is 14.7 Å². The molecular weight excluding hydrogens is 204 g/mol. The van der Waals surface area contributed by atoms with Gasteiger partial charge in [0.25, 0.3) is 0 Å². The Balaban J connectivity index is 2.69. The lowest BCUT2D eigenvalue weighted by atomic mass is 10.4. The number of hydrogen-bond donors (Lipinski definition) is 1. The minimum Gasteiger partial charge on any atom is -0.476 e. The molecule has 1 heterocycles. The first-order valence-corrected chi connectivity index (χ1v) is 4.76. The van der Waals surface area contributed by atoms with E-state index in [0.29, 0.717) is 5.01 Å². The molecule has 1 aromatic heterocycles. The number of carboxylic acids is 1. The Morgan fingerprint density at radius 1 is 1.57 bits per heavy atom. The molecule has 0 fully saturated rings. The molecule has 0 aliphatic rings. The van der Waals surface area contributed by atoms with Gasteiger partial charge in [-0.05, 0) is 0 Å². The van der Waals surface area contributed by atoms with E-state index in [1.807, 2.05) is 0 Å². The van der Waals surface area contributed by atoms with Crippen LogP contribution in [0.2, 0.25) is 0 Å². The van der Waals surface area contributed by atoms with E-state index in [1.54, 1.807) is 14.1 Å². The average molecular weight is 214 g/mol. The molecule has 5 nitrogen and oxygen atoms in total. The average Bonchev–Trinajstić information content (AvgIpc) is 2.52. The van der Waals surface area contributed by atoms with E-state index in [0.717, 1.165) is 0 Å². The molecule has 0 saturated heterocycles. The largest absolute Gasteiger partial charge is 0.476 e. The van der Waals surface area contributed by atoms with Crippen LogP contribution in [-0.2, 0) is 11.2 Å². The van der Waals surface area contributed by atoms with Gasteiger partial charge in [-0.3, -0.25) is 4.79 Å². The fourth-order valence-electron chi connectivity index (χ4n) is 0.778. The van der Waals surface area contributed by atoms with Gasteiger partial charge in [-0.2, -0.15) is 0 Å². The van der Waals surface area contributed by atoms with E-state index in [-0.39, 0.29) is 18.0 Å². The summed E-state index contributed by atoms with van der Waals surface area (Å²) in [7, 11) is 3.29. The molecule has 0 atom stereocenters. The van der Waals surface area contributed by atoms with E-state index in [2.05, 4.69) is 4.98 Å².